The number of carboxylic acids is 1. The largest absolute Gasteiger partial charge is 0.480 e. The van der Waals surface area contributed by atoms with E-state index in [4.69, 9.17) is 0 Å². The molecule has 1 unspecified atom stereocenters. The van der Waals surface area contributed by atoms with Gasteiger partial charge >= 0.3 is 5.97 Å². The highest BCUT2D eigenvalue weighted by atomic mass is 16.4. The topological polar surface area (TPSA) is 40.5 Å². The number of nitrogens with zero attached hydrogens (tertiary/aromatic N) is 1. The van der Waals surface area contributed by atoms with Gasteiger partial charge in [0, 0.05) is 6.04 Å². The molecule has 0 radical (unpaired) electrons. The van der Waals surface area contributed by atoms with E-state index in [2.05, 4.69) is 39.5 Å². The summed E-state index contributed by atoms with van der Waals surface area (Å²) in [6.07, 6.45) is 5.80. The summed E-state index contributed by atoms with van der Waals surface area (Å²) in [5.74, 6) is 0.634. The van der Waals surface area contributed by atoms with Crippen molar-refractivity contribution in [2.75, 3.05) is 6.54 Å². The van der Waals surface area contributed by atoms with E-state index >= 15 is 0 Å². The van der Waals surface area contributed by atoms with Gasteiger partial charge in [-0.3, -0.25) is 9.69 Å². The van der Waals surface area contributed by atoms with E-state index < -0.39 is 11.5 Å². The molecule has 1 saturated heterocycles. The highest BCUT2D eigenvalue weighted by Gasteiger charge is 2.49. The quantitative estimate of drug-likeness (QED) is 0.727. The van der Waals surface area contributed by atoms with Crippen molar-refractivity contribution in [1.82, 2.24) is 4.90 Å². The van der Waals surface area contributed by atoms with Crippen LogP contribution in [0.4, 0.5) is 0 Å². The molecule has 0 aromatic rings. The van der Waals surface area contributed by atoms with Gasteiger partial charge in [-0.1, -0.05) is 41.0 Å². The third kappa shape index (κ3) is 3.97. The molecule has 1 fully saturated rings. The molecule has 1 atom stereocenters. The van der Waals surface area contributed by atoms with Crippen molar-refractivity contribution in [3.8, 4) is 0 Å². The number of likely N-dealkylation sites (tertiary alicyclic amines) is 1. The molecule has 0 aromatic heterocycles. The number of rotatable bonds is 8. The van der Waals surface area contributed by atoms with Crippen LogP contribution in [0.3, 0.4) is 0 Å². The van der Waals surface area contributed by atoms with Gasteiger partial charge in [-0.2, -0.15) is 0 Å². The fraction of sp³-hybridized carbons (Fsp3) is 0.941. The summed E-state index contributed by atoms with van der Waals surface area (Å²) in [5, 5.41) is 9.84. The minimum Gasteiger partial charge on any atom is -0.480 e. The first-order valence-corrected chi connectivity index (χ1v) is 8.33. The highest BCUT2D eigenvalue weighted by molar-refractivity contribution is 5.79. The summed E-state index contributed by atoms with van der Waals surface area (Å²) in [6, 6.07) is 0.417. The maximum absolute atomic E-state index is 12.0. The molecule has 0 aromatic carbocycles. The van der Waals surface area contributed by atoms with E-state index in [-0.39, 0.29) is 0 Å². The molecule has 118 valence electrons. The molecule has 3 heteroatoms. The van der Waals surface area contributed by atoms with Gasteiger partial charge in [0.1, 0.15) is 5.54 Å². The zero-order valence-corrected chi connectivity index (χ0v) is 14.0. The maximum Gasteiger partial charge on any atom is 0.324 e. The molecule has 0 saturated carbocycles. The normalized spacial score (nSPS) is 24.2. The Bertz CT molecular complexity index is 304. The predicted octanol–water partition coefficient (Wildman–Crippen LogP) is 4.17. The summed E-state index contributed by atoms with van der Waals surface area (Å²) in [6.45, 7) is 12.0. The third-order valence-electron chi connectivity index (χ3n) is 4.53. The number of carbonyl (C=O) groups is 1. The lowest BCUT2D eigenvalue weighted by Gasteiger charge is -2.41. The van der Waals surface area contributed by atoms with Gasteiger partial charge in [-0.15, -0.1) is 0 Å². The molecule has 1 aliphatic heterocycles. The molecule has 20 heavy (non-hydrogen) atoms. The van der Waals surface area contributed by atoms with Gasteiger partial charge < -0.3 is 5.11 Å². The Kier molecular flexibility index (Phi) is 6.50. The summed E-state index contributed by atoms with van der Waals surface area (Å²) in [7, 11) is 0. The van der Waals surface area contributed by atoms with Crippen LogP contribution in [0.15, 0.2) is 0 Å². The van der Waals surface area contributed by atoms with E-state index in [1.807, 2.05) is 0 Å². The van der Waals surface area contributed by atoms with Crippen LogP contribution in [0.25, 0.3) is 0 Å². The molecule has 1 aliphatic rings. The minimum absolute atomic E-state index is 0.417. The second-order valence-corrected chi connectivity index (χ2v) is 7.30. The first-order valence-electron chi connectivity index (χ1n) is 8.33. The average molecular weight is 283 g/mol. The molecule has 1 N–H and O–H groups in total. The van der Waals surface area contributed by atoms with E-state index in [1.165, 1.54) is 0 Å². The Morgan fingerprint density at radius 1 is 1.20 bits per heavy atom. The van der Waals surface area contributed by atoms with E-state index in [1.54, 1.807) is 0 Å². The monoisotopic (exact) mass is 283 g/mol. The van der Waals surface area contributed by atoms with Crippen LogP contribution >= 0.6 is 0 Å². The van der Waals surface area contributed by atoms with Crippen LogP contribution in [-0.4, -0.2) is 34.1 Å². The fourth-order valence-corrected chi connectivity index (χ4v) is 3.89. The van der Waals surface area contributed by atoms with Gasteiger partial charge in [0.25, 0.3) is 0 Å². The van der Waals surface area contributed by atoms with Crippen molar-refractivity contribution >= 4 is 5.97 Å². The lowest BCUT2D eigenvalue weighted by Crippen LogP contribution is -2.55. The first kappa shape index (κ1) is 17.5. The molecule has 0 aliphatic carbocycles. The maximum atomic E-state index is 12.0. The molecular formula is C17H33NO2. The highest BCUT2D eigenvalue weighted by Crippen LogP contribution is 2.38. The van der Waals surface area contributed by atoms with Crippen LogP contribution in [0.2, 0.25) is 0 Å². The Morgan fingerprint density at radius 2 is 1.75 bits per heavy atom. The number of aliphatic carboxylic acids is 1. The fourth-order valence-electron chi connectivity index (χ4n) is 3.89. The summed E-state index contributed by atoms with van der Waals surface area (Å²) < 4.78 is 0. The van der Waals surface area contributed by atoms with Crippen LogP contribution in [0.5, 0.6) is 0 Å². The third-order valence-corrected chi connectivity index (χ3v) is 4.53. The standard InChI is InChI=1S/C17H33NO2/c1-6-8-17(16(19)20)9-7-10-18(17)15(11-13(2)3)12-14(4)5/h13-15H,6-12H2,1-5H3,(H,19,20). The van der Waals surface area contributed by atoms with Gasteiger partial charge in [0.05, 0.1) is 0 Å². The van der Waals surface area contributed by atoms with Crippen molar-refractivity contribution in [3.05, 3.63) is 0 Å². The summed E-state index contributed by atoms with van der Waals surface area (Å²) >= 11 is 0. The number of hydrogen-bond acceptors (Lipinski definition) is 2. The van der Waals surface area contributed by atoms with Crippen molar-refractivity contribution in [2.45, 2.75) is 84.7 Å². The van der Waals surface area contributed by atoms with Gasteiger partial charge in [0.2, 0.25) is 0 Å². The van der Waals surface area contributed by atoms with Gasteiger partial charge in [0.15, 0.2) is 0 Å². The molecule has 1 rings (SSSR count). The SMILES string of the molecule is CCCC1(C(=O)O)CCCN1C(CC(C)C)CC(C)C. The second-order valence-electron chi connectivity index (χ2n) is 7.30. The van der Waals surface area contributed by atoms with Crippen LogP contribution in [-0.2, 0) is 4.79 Å². The zero-order chi connectivity index (χ0) is 15.3. The molecule has 0 spiro atoms. The average Bonchev–Trinajstić information content (AvgIpc) is 2.72. The Morgan fingerprint density at radius 3 is 2.15 bits per heavy atom. The lowest BCUT2D eigenvalue weighted by molar-refractivity contribution is -0.152. The minimum atomic E-state index is -0.602. The van der Waals surface area contributed by atoms with E-state index in [0.717, 1.165) is 45.1 Å². The van der Waals surface area contributed by atoms with Crippen molar-refractivity contribution in [1.29, 1.82) is 0 Å². The number of hydrogen-bond donors (Lipinski definition) is 1. The summed E-state index contributed by atoms with van der Waals surface area (Å²) in [4.78, 5) is 14.3. The van der Waals surface area contributed by atoms with Crippen molar-refractivity contribution in [3.63, 3.8) is 0 Å². The Labute approximate surface area is 124 Å². The van der Waals surface area contributed by atoms with Gasteiger partial charge in [-0.25, -0.2) is 0 Å². The lowest BCUT2D eigenvalue weighted by atomic mass is 9.86. The van der Waals surface area contributed by atoms with Gasteiger partial charge in [-0.05, 0) is 50.5 Å². The molecule has 0 bridgehead atoms. The predicted molar refractivity (Wildman–Crippen MR) is 83.9 cm³/mol. The summed E-state index contributed by atoms with van der Waals surface area (Å²) in [5.41, 5.74) is -0.594. The first-order chi connectivity index (χ1) is 9.33. The van der Waals surface area contributed by atoms with E-state index in [0.29, 0.717) is 17.9 Å². The molecule has 1 heterocycles. The number of carboxylic acid groups (broad SMARTS) is 1. The zero-order valence-electron chi connectivity index (χ0n) is 14.0. The molecule has 0 amide bonds. The molecular weight excluding hydrogens is 250 g/mol. The van der Waals surface area contributed by atoms with Crippen LogP contribution in [0.1, 0.15) is 73.1 Å². The smallest absolute Gasteiger partial charge is 0.324 e. The van der Waals surface area contributed by atoms with Crippen molar-refractivity contribution < 1.29 is 9.90 Å². The van der Waals surface area contributed by atoms with Crippen LogP contribution in [0, 0.1) is 11.8 Å². The second kappa shape index (κ2) is 7.44. The Balaban J connectivity index is 2.98. The van der Waals surface area contributed by atoms with Crippen LogP contribution < -0.4 is 0 Å². The molecule has 3 nitrogen and oxygen atoms in total. The Hall–Kier alpha value is -0.570. The van der Waals surface area contributed by atoms with Crippen molar-refractivity contribution in [2.24, 2.45) is 11.8 Å². The van der Waals surface area contributed by atoms with E-state index in [9.17, 15) is 9.90 Å².